The monoisotopic (exact) mass is 403 g/mol. The van der Waals surface area contributed by atoms with Gasteiger partial charge in [0, 0.05) is 18.7 Å². The van der Waals surface area contributed by atoms with Gasteiger partial charge in [-0.1, -0.05) is 35.1 Å². The van der Waals surface area contributed by atoms with Crippen LogP contribution in [0.4, 0.5) is 5.13 Å². The minimum Gasteiger partial charge on any atom is -0.308 e. The van der Waals surface area contributed by atoms with Crippen LogP contribution in [0.1, 0.15) is 27.0 Å². The molecule has 144 valence electrons. The van der Waals surface area contributed by atoms with E-state index in [0.29, 0.717) is 12.1 Å². The molecule has 4 nitrogen and oxygen atoms in total. The number of nitrogens with zero attached hydrogens (tertiary/aromatic N) is 3. The van der Waals surface area contributed by atoms with Crippen LogP contribution in [0.25, 0.3) is 10.2 Å². The molecule has 0 radical (unpaired) electrons. The van der Waals surface area contributed by atoms with Crippen molar-refractivity contribution in [3.8, 4) is 0 Å². The third-order valence-corrected chi connectivity index (χ3v) is 5.55. The van der Waals surface area contributed by atoms with E-state index < -0.39 is 0 Å². The summed E-state index contributed by atoms with van der Waals surface area (Å²) in [5.41, 5.74) is 5.15. The third-order valence-electron chi connectivity index (χ3n) is 4.32. The Morgan fingerprint density at radius 3 is 2.44 bits per heavy atom. The number of carbonyl (C=O) groups is 1. The predicted octanol–water partition coefficient (Wildman–Crippen LogP) is 4.85. The Kier molecular flexibility index (Phi) is 6.98. The van der Waals surface area contributed by atoms with Gasteiger partial charge in [-0.3, -0.25) is 9.69 Å². The molecule has 0 spiro atoms. The van der Waals surface area contributed by atoms with E-state index in [1.165, 1.54) is 11.1 Å². The fraction of sp³-hybridized carbons (Fsp3) is 0.333. The number of likely N-dealkylation sites (N-methyl/N-ethyl adjacent to an activating group) is 1. The van der Waals surface area contributed by atoms with Crippen molar-refractivity contribution in [1.82, 2.24) is 9.88 Å². The van der Waals surface area contributed by atoms with E-state index in [1.807, 2.05) is 50.2 Å². The van der Waals surface area contributed by atoms with E-state index >= 15 is 0 Å². The number of hydrogen-bond acceptors (Lipinski definition) is 4. The van der Waals surface area contributed by atoms with Crippen molar-refractivity contribution < 1.29 is 4.79 Å². The summed E-state index contributed by atoms with van der Waals surface area (Å²) in [6.07, 6.45) is 0. The molecule has 0 unspecified atom stereocenters. The topological polar surface area (TPSA) is 36.4 Å². The summed E-state index contributed by atoms with van der Waals surface area (Å²) < 4.78 is 1.15. The smallest absolute Gasteiger partial charge is 0.260 e. The van der Waals surface area contributed by atoms with E-state index in [9.17, 15) is 4.79 Å². The second kappa shape index (κ2) is 8.83. The molecule has 0 saturated carbocycles. The molecule has 0 aliphatic heterocycles. The van der Waals surface area contributed by atoms with Crippen LogP contribution in [0.3, 0.4) is 0 Å². The van der Waals surface area contributed by atoms with E-state index in [-0.39, 0.29) is 18.3 Å². The first kappa shape index (κ1) is 21.4. The Morgan fingerprint density at radius 2 is 1.78 bits per heavy atom. The van der Waals surface area contributed by atoms with Gasteiger partial charge in [0.2, 0.25) is 0 Å². The average molecular weight is 404 g/mol. The second-order valence-corrected chi connectivity index (χ2v) is 8.03. The summed E-state index contributed by atoms with van der Waals surface area (Å²) in [4.78, 5) is 21.9. The molecule has 2 aromatic carbocycles. The van der Waals surface area contributed by atoms with Crippen LogP contribution in [0.5, 0.6) is 0 Å². The average Bonchev–Trinajstić information content (AvgIpc) is 2.98. The minimum atomic E-state index is 0. The van der Waals surface area contributed by atoms with Gasteiger partial charge in [0.15, 0.2) is 5.13 Å². The van der Waals surface area contributed by atoms with E-state index in [2.05, 4.69) is 30.9 Å². The van der Waals surface area contributed by atoms with Crippen molar-refractivity contribution in [1.29, 1.82) is 0 Å². The Bertz CT molecular complexity index is 952. The summed E-state index contributed by atoms with van der Waals surface area (Å²) in [5, 5.41) is 0.766. The Hall–Kier alpha value is -1.95. The molecule has 0 saturated heterocycles. The van der Waals surface area contributed by atoms with Gasteiger partial charge in [-0.05, 0) is 64.2 Å². The number of aryl methyl sites for hydroxylation is 3. The van der Waals surface area contributed by atoms with Crippen molar-refractivity contribution in [3.05, 3.63) is 58.7 Å². The molecule has 6 heteroatoms. The van der Waals surface area contributed by atoms with Gasteiger partial charge in [-0.2, -0.15) is 0 Å². The zero-order valence-electron chi connectivity index (χ0n) is 16.4. The number of carbonyl (C=O) groups excluding carboxylic acids is 1. The first-order valence-electron chi connectivity index (χ1n) is 8.76. The van der Waals surface area contributed by atoms with Gasteiger partial charge in [-0.25, -0.2) is 4.98 Å². The highest BCUT2D eigenvalue weighted by molar-refractivity contribution is 7.22. The molecule has 0 bridgehead atoms. The molecule has 0 atom stereocenters. The largest absolute Gasteiger partial charge is 0.308 e. The molecule has 3 aromatic rings. The number of hydrogen-bond donors (Lipinski definition) is 0. The number of thiazole rings is 1. The summed E-state index contributed by atoms with van der Waals surface area (Å²) in [7, 11) is 4.03. The fourth-order valence-electron chi connectivity index (χ4n) is 3.00. The number of fused-ring (bicyclic) bond motifs is 1. The number of anilines is 1. The lowest BCUT2D eigenvalue weighted by atomic mass is 10.1. The first-order chi connectivity index (χ1) is 12.3. The van der Waals surface area contributed by atoms with Gasteiger partial charge >= 0.3 is 0 Å². The highest BCUT2D eigenvalue weighted by Gasteiger charge is 2.22. The summed E-state index contributed by atoms with van der Waals surface area (Å²) >= 11 is 1.60. The molecule has 0 aliphatic rings. The molecule has 0 fully saturated rings. The van der Waals surface area contributed by atoms with Crippen LogP contribution in [0, 0.1) is 20.8 Å². The highest BCUT2D eigenvalue weighted by atomic mass is 35.5. The predicted molar refractivity (Wildman–Crippen MR) is 118 cm³/mol. The number of rotatable bonds is 5. The maximum Gasteiger partial charge on any atom is 0.260 e. The van der Waals surface area contributed by atoms with Crippen molar-refractivity contribution in [2.75, 3.05) is 32.1 Å². The zero-order chi connectivity index (χ0) is 18.8. The molecule has 3 rings (SSSR count). The normalized spacial score (nSPS) is 10.9. The van der Waals surface area contributed by atoms with Crippen LogP contribution in [-0.4, -0.2) is 43.0 Å². The van der Waals surface area contributed by atoms with Crippen molar-refractivity contribution in [3.63, 3.8) is 0 Å². The highest BCUT2D eigenvalue weighted by Crippen LogP contribution is 2.32. The number of halogens is 1. The van der Waals surface area contributed by atoms with Crippen LogP contribution in [-0.2, 0) is 0 Å². The van der Waals surface area contributed by atoms with Gasteiger partial charge < -0.3 is 4.90 Å². The quantitative estimate of drug-likeness (QED) is 0.610. The lowest BCUT2D eigenvalue weighted by molar-refractivity contribution is 0.0985. The van der Waals surface area contributed by atoms with Crippen molar-refractivity contribution in [2.24, 2.45) is 0 Å². The van der Waals surface area contributed by atoms with Gasteiger partial charge in [0.05, 0.1) is 10.2 Å². The van der Waals surface area contributed by atoms with Gasteiger partial charge in [0.25, 0.3) is 5.91 Å². The maximum absolute atomic E-state index is 13.2. The lowest BCUT2D eigenvalue weighted by Gasteiger charge is -2.22. The van der Waals surface area contributed by atoms with E-state index in [1.54, 1.807) is 11.3 Å². The molecule has 1 amide bonds. The summed E-state index contributed by atoms with van der Waals surface area (Å²) in [5.74, 6) is 0.00369. The Labute approximate surface area is 171 Å². The molecule has 1 aromatic heterocycles. The van der Waals surface area contributed by atoms with Crippen LogP contribution < -0.4 is 4.90 Å². The van der Waals surface area contributed by atoms with E-state index in [4.69, 9.17) is 4.98 Å². The lowest BCUT2D eigenvalue weighted by Crippen LogP contribution is -2.36. The van der Waals surface area contributed by atoms with Crippen LogP contribution in [0.2, 0.25) is 0 Å². The van der Waals surface area contributed by atoms with Crippen LogP contribution >= 0.6 is 23.7 Å². The fourth-order valence-corrected chi connectivity index (χ4v) is 4.04. The molecular weight excluding hydrogens is 378 g/mol. The standard InChI is InChI=1S/C21H25N3OS.ClH/c1-14-7-6-8-17(12-14)20(25)24(10-9-23(4)5)21-22-18-13-15(2)11-16(3)19(18)26-21;/h6-8,11-13H,9-10H2,1-5H3;1H. The Balaban J connectivity index is 0.00000261. The summed E-state index contributed by atoms with van der Waals surface area (Å²) in [6.45, 7) is 7.57. The molecule has 0 aliphatic carbocycles. The van der Waals surface area contributed by atoms with Crippen LogP contribution in [0.15, 0.2) is 36.4 Å². The SMILES string of the molecule is Cc1cccc(C(=O)N(CCN(C)C)c2nc3cc(C)cc(C)c3s2)c1.Cl. The van der Waals surface area contributed by atoms with E-state index in [0.717, 1.165) is 27.5 Å². The zero-order valence-corrected chi connectivity index (χ0v) is 18.1. The number of benzene rings is 2. The number of aromatic nitrogens is 1. The minimum absolute atomic E-state index is 0. The second-order valence-electron chi connectivity index (χ2n) is 7.06. The van der Waals surface area contributed by atoms with Gasteiger partial charge in [0.1, 0.15) is 0 Å². The molecule has 27 heavy (non-hydrogen) atoms. The number of amides is 1. The Morgan fingerprint density at radius 1 is 1.04 bits per heavy atom. The first-order valence-corrected chi connectivity index (χ1v) is 9.58. The summed E-state index contributed by atoms with van der Waals surface area (Å²) in [6, 6.07) is 12.0. The van der Waals surface area contributed by atoms with Crippen molar-refractivity contribution >= 4 is 45.0 Å². The molecule has 0 N–H and O–H groups in total. The van der Waals surface area contributed by atoms with Gasteiger partial charge in [-0.15, -0.1) is 12.4 Å². The maximum atomic E-state index is 13.2. The third kappa shape index (κ3) is 4.86. The molecule has 1 heterocycles. The molecular formula is C21H26ClN3OS. The van der Waals surface area contributed by atoms with Crippen molar-refractivity contribution in [2.45, 2.75) is 20.8 Å².